The lowest BCUT2D eigenvalue weighted by molar-refractivity contribution is -0.119. The van der Waals surface area contributed by atoms with Crippen LogP contribution in [0.3, 0.4) is 0 Å². The Morgan fingerprint density at radius 2 is 1.62 bits per heavy atom. The Balaban J connectivity index is 1.31. The maximum atomic E-state index is 15.0. The van der Waals surface area contributed by atoms with Crippen molar-refractivity contribution in [3.05, 3.63) is 129 Å². The molecule has 2 atom stereocenters. The third-order valence-corrected chi connectivity index (χ3v) is 16.5. The lowest BCUT2D eigenvalue weighted by atomic mass is 10.1. The van der Waals surface area contributed by atoms with Crippen LogP contribution in [0.25, 0.3) is 15.2 Å². The Hall–Kier alpha value is -5.22. The fraction of sp³-hybridized carbons (Fsp3) is 0.325. The molecule has 1 aliphatic heterocycles. The lowest BCUT2D eigenvalue weighted by Crippen LogP contribution is -2.66. The molecule has 286 valence electrons. The van der Waals surface area contributed by atoms with E-state index in [0.29, 0.717) is 32.1 Å². The second-order valence-corrected chi connectivity index (χ2v) is 19.8. The number of benzene rings is 3. The number of aryl methyl sites for hydroxylation is 1. The lowest BCUT2D eigenvalue weighted by Gasteiger charge is -2.43. The van der Waals surface area contributed by atoms with Crippen LogP contribution in [-0.4, -0.2) is 65.2 Å². The molecule has 3 aromatic heterocycles. The highest BCUT2D eigenvalue weighted by molar-refractivity contribution is 7.21. The number of amides is 1. The minimum absolute atomic E-state index is 0.0192. The largest absolute Gasteiger partial charge is 0.496 e. The van der Waals surface area contributed by atoms with Gasteiger partial charge in [-0.05, 0) is 40.5 Å². The number of fused-ring (bicyclic) bond motifs is 1. The Labute approximate surface area is 322 Å². The first-order valence-corrected chi connectivity index (χ1v) is 20.8. The molecule has 0 radical (unpaired) electrons. The van der Waals surface area contributed by atoms with Gasteiger partial charge >= 0.3 is 5.69 Å². The van der Waals surface area contributed by atoms with Gasteiger partial charge in [0.2, 0.25) is 5.91 Å². The van der Waals surface area contributed by atoms with E-state index in [1.165, 1.54) is 58.4 Å². The highest BCUT2D eigenvalue weighted by Gasteiger charge is 2.50. The highest BCUT2D eigenvalue weighted by atomic mass is 32.1. The Kier molecular flexibility index (Phi) is 10.7. The summed E-state index contributed by atoms with van der Waals surface area (Å²) >= 11 is 1.19. The molecule has 55 heavy (non-hydrogen) atoms. The van der Waals surface area contributed by atoms with Crippen LogP contribution < -0.4 is 31.7 Å². The number of halogens is 1. The van der Waals surface area contributed by atoms with Gasteiger partial charge in [-0.3, -0.25) is 18.7 Å². The summed E-state index contributed by atoms with van der Waals surface area (Å²) < 4.78 is 37.1. The molecule has 0 bridgehead atoms. The summed E-state index contributed by atoms with van der Waals surface area (Å²) in [5.41, 5.74) is -0.164. The first-order valence-electron chi connectivity index (χ1n) is 18.1. The normalized spacial score (nSPS) is 15.4. The quantitative estimate of drug-likeness (QED) is 0.132. The van der Waals surface area contributed by atoms with Gasteiger partial charge in [-0.25, -0.2) is 9.18 Å². The number of nitrogens with one attached hydrogen (secondary N) is 1. The number of aromatic nitrogens is 5. The van der Waals surface area contributed by atoms with E-state index in [1.807, 2.05) is 36.4 Å². The van der Waals surface area contributed by atoms with Crippen LogP contribution in [0.15, 0.2) is 101 Å². The second-order valence-electron chi connectivity index (χ2n) is 14.5. The maximum Gasteiger partial charge on any atom is 0.332 e. The summed E-state index contributed by atoms with van der Waals surface area (Å²) in [6.45, 7) is 8.64. The molecule has 1 fully saturated rings. The first-order chi connectivity index (χ1) is 26.4. The van der Waals surface area contributed by atoms with Crippen LogP contribution in [0.2, 0.25) is 5.04 Å². The van der Waals surface area contributed by atoms with E-state index in [1.54, 1.807) is 6.92 Å². The van der Waals surface area contributed by atoms with E-state index in [4.69, 9.17) is 13.9 Å². The van der Waals surface area contributed by atoms with Crippen LogP contribution >= 0.6 is 11.3 Å². The van der Waals surface area contributed by atoms with E-state index in [2.05, 4.69) is 60.6 Å². The number of rotatable bonds is 13. The number of carbonyl (C=O) groups is 1. The number of nitrogens with zero attached hydrogens (tertiary/aromatic N) is 5. The fourth-order valence-corrected chi connectivity index (χ4v) is 13.4. The van der Waals surface area contributed by atoms with Crippen LogP contribution in [0.1, 0.15) is 50.5 Å². The van der Waals surface area contributed by atoms with Gasteiger partial charge in [-0.15, -0.1) is 4.80 Å². The van der Waals surface area contributed by atoms with Gasteiger partial charge in [0, 0.05) is 24.1 Å². The number of carbonyl (C=O) groups excluding carboxylic acids is 1. The molecule has 7 rings (SSSR count). The van der Waals surface area contributed by atoms with Crippen molar-refractivity contribution in [2.45, 2.75) is 57.8 Å². The molecular formula is C40H43FN6O6SSi. The number of hydrogen-bond acceptors (Lipinski definition) is 9. The SMILES string of the molecule is COc1ccc(F)cc1[C@H](Cn1c(=O)n([C@@H]2CNC(=O)C2)c(=O)c2c(C)c(-n3nccn3)sc21)OCCO[Si](c1ccccc1)(c1ccccc1)C(C)(C)C. The molecule has 1 saturated heterocycles. The van der Waals surface area contributed by atoms with Crippen molar-refractivity contribution in [2.24, 2.45) is 0 Å². The topological polar surface area (TPSA) is 132 Å². The van der Waals surface area contributed by atoms with Crippen molar-refractivity contribution in [1.29, 1.82) is 0 Å². The van der Waals surface area contributed by atoms with E-state index < -0.39 is 37.5 Å². The van der Waals surface area contributed by atoms with Crippen LogP contribution in [-0.2, 0) is 20.5 Å². The van der Waals surface area contributed by atoms with Crippen molar-refractivity contribution in [3.63, 3.8) is 0 Å². The van der Waals surface area contributed by atoms with Gasteiger partial charge in [-0.2, -0.15) is 10.2 Å². The Morgan fingerprint density at radius 1 is 0.964 bits per heavy atom. The van der Waals surface area contributed by atoms with Gasteiger partial charge in [0.15, 0.2) is 0 Å². The van der Waals surface area contributed by atoms with E-state index >= 15 is 4.39 Å². The average molecular weight is 783 g/mol. The van der Waals surface area contributed by atoms with Gasteiger partial charge in [0.1, 0.15) is 27.5 Å². The molecule has 1 aliphatic rings. The third-order valence-electron chi connectivity index (χ3n) is 10.2. The minimum Gasteiger partial charge on any atom is -0.496 e. The smallest absolute Gasteiger partial charge is 0.332 e. The van der Waals surface area contributed by atoms with Gasteiger partial charge in [0.05, 0.1) is 50.7 Å². The summed E-state index contributed by atoms with van der Waals surface area (Å²) in [6, 6.07) is 24.0. The minimum atomic E-state index is -2.92. The summed E-state index contributed by atoms with van der Waals surface area (Å²) in [4.78, 5) is 42.8. The molecule has 4 heterocycles. The molecule has 0 saturated carbocycles. The molecule has 3 aromatic carbocycles. The number of ether oxygens (including phenoxy) is 2. The third kappa shape index (κ3) is 7.08. The summed E-state index contributed by atoms with van der Waals surface area (Å²) in [5, 5.41) is 14.1. The summed E-state index contributed by atoms with van der Waals surface area (Å²) in [6.07, 6.45) is 2.10. The van der Waals surface area contributed by atoms with Crippen molar-refractivity contribution < 1.29 is 23.1 Å². The summed E-state index contributed by atoms with van der Waals surface area (Å²) in [5.74, 6) is -0.394. The number of hydrogen-bond donors (Lipinski definition) is 1. The van der Waals surface area contributed by atoms with Crippen molar-refractivity contribution in [1.82, 2.24) is 29.4 Å². The number of thiophene rings is 1. The maximum absolute atomic E-state index is 15.0. The van der Waals surface area contributed by atoms with Crippen molar-refractivity contribution in [2.75, 3.05) is 26.9 Å². The van der Waals surface area contributed by atoms with Crippen molar-refractivity contribution in [3.8, 4) is 10.8 Å². The van der Waals surface area contributed by atoms with Crippen LogP contribution in [0.4, 0.5) is 4.39 Å². The van der Waals surface area contributed by atoms with Gasteiger partial charge < -0.3 is 19.2 Å². The monoisotopic (exact) mass is 782 g/mol. The molecule has 0 aliphatic carbocycles. The van der Waals surface area contributed by atoms with Crippen LogP contribution in [0, 0.1) is 12.7 Å². The van der Waals surface area contributed by atoms with Gasteiger partial charge in [0.25, 0.3) is 13.9 Å². The van der Waals surface area contributed by atoms with Crippen molar-refractivity contribution >= 4 is 46.2 Å². The standard InChI is InChI=1S/C40H43FN6O6SSi/c1-26-35-36(49)46(28-23-34(48)42-24-28)39(50)45(38(35)54-37(26)47-43-18-19-44-47)25-33(31-22-27(41)16-17-32(31)51-5)52-20-21-53-55(40(2,3)4,29-12-8-6-9-13-29)30-14-10-7-11-15-30/h6-19,22,28,33H,20-21,23-25H2,1-5H3,(H,42,48)/t28-,33-/m0/s1. The second kappa shape index (κ2) is 15.5. The molecule has 15 heteroatoms. The molecule has 12 nitrogen and oxygen atoms in total. The molecule has 0 spiro atoms. The predicted octanol–water partition coefficient (Wildman–Crippen LogP) is 4.66. The highest BCUT2D eigenvalue weighted by Crippen LogP contribution is 2.38. The van der Waals surface area contributed by atoms with Gasteiger partial charge in [-0.1, -0.05) is 92.8 Å². The zero-order chi connectivity index (χ0) is 38.9. The zero-order valence-electron chi connectivity index (χ0n) is 31.3. The van der Waals surface area contributed by atoms with E-state index in [0.717, 1.165) is 14.9 Å². The fourth-order valence-electron chi connectivity index (χ4n) is 7.63. The van der Waals surface area contributed by atoms with E-state index in [-0.39, 0.29) is 43.7 Å². The first kappa shape index (κ1) is 38.1. The number of methoxy groups -OCH3 is 1. The van der Waals surface area contributed by atoms with E-state index in [9.17, 15) is 14.4 Å². The molecular weight excluding hydrogens is 740 g/mol. The summed E-state index contributed by atoms with van der Waals surface area (Å²) in [7, 11) is -1.43. The molecule has 0 unspecified atom stereocenters. The molecule has 6 aromatic rings. The molecule has 1 amide bonds. The van der Waals surface area contributed by atoms with Crippen LogP contribution in [0.5, 0.6) is 5.75 Å². The Morgan fingerprint density at radius 3 is 2.20 bits per heavy atom. The Bertz CT molecular complexity index is 2390. The molecule has 1 N–H and O–H groups in total. The average Bonchev–Trinajstić information content (AvgIpc) is 3.94. The predicted molar refractivity (Wildman–Crippen MR) is 212 cm³/mol. The zero-order valence-corrected chi connectivity index (χ0v) is 33.1.